The predicted octanol–water partition coefficient (Wildman–Crippen LogP) is 3.15. The van der Waals surface area contributed by atoms with Crippen molar-refractivity contribution < 1.29 is 8.78 Å². The molecule has 2 nitrogen and oxygen atoms in total. The number of anilines is 1. The van der Waals surface area contributed by atoms with Gasteiger partial charge < -0.3 is 5.73 Å². The molecule has 0 aliphatic rings. The Kier molecular flexibility index (Phi) is 3.44. The van der Waals surface area contributed by atoms with E-state index in [-0.39, 0.29) is 27.3 Å². The largest absolute Gasteiger partial charge is 0.397 e. The molecule has 72 valence electrons. The van der Waals surface area contributed by atoms with Crippen molar-refractivity contribution in [1.82, 2.24) is 4.98 Å². The van der Waals surface area contributed by atoms with Gasteiger partial charge in [0, 0.05) is 16.5 Å². The molecule has 0 atom stereocenters. The van der Waals surface area contributed by atoms with Crippen molar-refractivity contribution >= 4 is 33.2 Å². The molecule has 0 amide bonds. The molecular weight excluding hydrogens is 265 g/mol. The molecule has 0 spiro atoms. The summed E-state index contributed by atoms with van der Waals surface area (Å²) in [6.45, 7) is 0. The van der Waals surface area contributed by atoms with E-state index in [1.165, 1.54) is 0 Å². The number of nitrogens with two attached hydrogens (primary N) is 1. The van der Waals surface area contributed by atoms with Crippen LogP contribution in [0.15, 0.2) is 6.20 Å². The van der Waals surface area contributed by atoms with Crippen LogP contribution in [-0.4, -0.2) is 4.98 Å². The van der Waals surface area contributed by atoms with Crippen LogP contribution in [0.25, 0.3) is 0 Å². The van der Waals surface area contributed by atoms with Gasteiger partial charge in [-0.1, -0.05) is 27.5 Å². The van der Waals surface area contributed by atoms with Crippen LogP contribution in [0.5, 0.6) is 0 Å². The van der Waals surface area contributed by atoms with Gasteiger partial charge in [0.25, 0.3) is 6.43 Å². The molecule has 0 fully saturated rings. The average molecular weight is 271 g/mol. The minimum atomic E-state index is -2.63. The van der Waals surface area contributed by atoms with Crippen molar-refractivity contribution in [3.63, 3.8) is 0 Å². The van der Waals surface area contributed by atoms with E-state index in [4.69, 9.17) is 17.3 Å². The quantitative estimate of drug-likeness (QED) is 0.663. The second kappa shape index (κ2) is 4.19. The number of rotatable bonds is 2. The van der Waals surface area contributed by atoms with E-state index in [0.717, 1.165) is 6.20 Å². The molecule has 1 rings (SSSR count). The van der Waals surface area contributed by atoms with Crippen molar-refractivity contribution in [3.05, 3.63) is 22.5 Å². The molecule has 0 aliphatic heterocycles. The second-order valence-electron chi connectivity index (χ2n) is 2.33. The lowest BCUT2D eigenvalue weighted by molar-refractivity contribution is 0.151. The summed E-state index contributed by atoms with van der Waals surface area (Å²) in [5.41, 5.74) is 5.32. The smallest absolute Gasteiger partial charge is 0.266 e. The van der Waals surface area contributed by atoms with Gasteiger partial charge in [0.1, 0.15) is 5.15 Å². The third-order valence-corrected chi connectivity index (χ3v) is 2.44. The molecular formula is C7H6BrClF2N2. The van der Waals surface area contributed by atoms with E-state index in [2.05, 4.69) is 20.9 Å². The van der Waals surface area contributed by atoms with Crippen molar-refractivity contribution in [2.75, 3.05) is 5.73 Å². The number of halogens is 4. The van der Waals surface area contributed by atoms with E-state index in [0.29, 0.717) is 0 Å². The Hall–Kier alpha value is -0.420. The fourth-order valence-corrected chi connectivity index (χ4v) is 1.89. The van der Waals surface area contributed by atoms with Crippen LogP contribution in [0.1, 0.15) is 17.6 Å². The van der Waals surface area contributed by atoms with Crippen LogP contribution in [0.3, 0.4) is 0 Å². The first-order valence-corrected chi connectivity index (χ1v) is 4.84. The molecule has 0 aliphatic carbocycles. The second-order valence-corrected chi connectivity index (χ2v) is 3.25. The number of hydrogen-bond donors (Lipinski definition) is 1. The van der Waals surface area contributed by atoms with Crippen molar-refractivity contribution in [2.45, 2.75) is 11.8 Å². The Balaban J connectivity index is 3.35. The number of nitrogens with zero attached hydrogens (tertiary/aromatic N) is 1. The summed E-state index contributed by atoms with van der Waals surface area (Å²) in [7, 11) is 0. The van der Waals surface area contributed by atoms with Crippen LogP contribution in [-0.2, 0) is 5.33 Å². The molecule has 1 aromatic rings. The minimum absolute atomic E-state index is 0.0335. The zero-order chi connectivity index (χ0) is 10.0. The number of nitrogen functional groups attached to an aromatic ring is 1. The highest BCUT2D eigenvalue weighted by Gasteiger charge is 2.19. The topological polar surface area (TPSA) is 38.9 Å². The lowest BCUT2D eigenvalue weighted by atomic mass is 10.1. The van der Waals surface area contributed by atoms with Gasteiger partial charge in [0.05, 0.1) is 11.9 Å². The normalized spacial score (nSPS) is 10.8. The Labute approximate surface area is 87.2 Å². The van der Waals surface area contributed by atoms with Gasteiger partial charge in [0.2, 0.25) is 0 Å². The summed E-state index contributed by atoms with van der Waals surface area (Å²) in [4.78, 5) is 3.67. The van der Waals surface area contributed by atoms with Gasteiger partial charge in [-0.25, -0.2) is 13.8 Å². The first kappa shape index (κ1) is 10.7. The molecule has 2 N–H and O–H groups in total. The SMILES string of the molecule is Nc1cnc(Cl)c(CBr)c1C(F)F. The molecule has 0 aromatic carbocycles. The molecule has 0 saturated carbocycles. The van der Waals surface area contributed by atoms with Crippen molar-refractivity contribution in [1.29, 1.82) is 0 Å². The molecule has 0 radical (unpaired) electrons. The summed E-state index contributed by atoms with van der Waals surface area (Å²) in [6, 6.07) is 0. The highest BCUT2D eigenvalue weighted by Crippen LogP contribution is 2.32. The molecule has 1 aromatic heterocycles. The number of hydrogen-bond acceptors (Lipinski definition) is 2. The number of pyridine rings is 1. The zero-order valence-corrected chi connectivity index (χ0v) is 8.74. The fraction of sp³-hybridized carbons (Fsp3) is 0.286. The van der Waals surface area contributed by atoms with Crippen molar-refractivity contribution in [2.24, 2.45) is 0 Å². The van der Waals surface area contributed by atoms with Crippen LogP contribution in [0.4, 0.5) is 14.5 Å². The molecule has 0 saturated heterocycles. The highest BCUT2D eigenvalue weighted by molar-refractivity contribution is 9.08. The highest BCUT2D eigenvalue weighted by atomic mass is 79.9. The van der Waals surface area contributed by atoms with Gasteiger partial charge in [0.15, 0.2) is 0 Å². The van der Waals surface area contributed by atoms with Gasteiger partial charge in [-0.15, -0.1) is 0 Å². The molecule has 0 unspecified atom stereocenters. The van der Waals surface area contributed by atoms with Crippen LogP contribution < -0.4 is 5.73 Å². The molecule has 0 bridgehead atoms. The molecule has 6 heteroatoms. The van der Waals surface area contributed by atoms with Crippen LogP contribution in [0, 0.1) is 0 Å². The van der Waals surface area contributed by atoms with E-state index in [1.807, 2.05) is 0 Å². The first-order chi connectivity index (χ1) is 6.07. The van der Waals surface area contributed by atoms with Gasteiger partial charge in [-0.2, -0.15) is 0 Å². The first-order valence-electron chi connectivity index (χ1n) is 3.34. The maximum Gasteiger partial charge on any atom is 0.266 e. The Morgan fingerprint density at radius 3 is 2.62 bits per heavy atom. The van der Waals surface area contributed by atoms with Crippen molar-refractivity contribution in [3.8, 4) is 0 Å². The van der Waals surface area contributed by atoms with Gasteiger partial charge in [-0.05, 0) is 0 Å². The van der Waals surface area contributed by atoms with E-state index < -0.39 is 6.43 Å². The monoisotopic (exact) mass is 270 g/mol. The molecule has 13 heavy (non-hydrogen) atoms. The standard InChI is InChI=1S/C7H6BrClF2N2/c8-1-3-5(7(10)11)4(12)2-13-6(3)9/h2,7H,1,12H2. The summed E-state index contributed by atoms with van der Waals surface area (Å²) >= 11 is 8.66. The lowest BCUT2D eigenvalue weighted by Gasteiger charge is -2.09. The predicted molar refractivity (Wildman–Crippen MR) is 51.2 cm³/mol. The summed E-state index contributed by atoms with van der Waals surface area (Å²) in [5, 5.41) is 0.269. The third-order valence-electron chi connectivity index (χ3n) is 1.55. The van der Waals surface area contributed by atoms with Crippen LogP contribution in [0.2, 0.25) is 5.15 Å². The maximum absolute atomic E-state index is 12.5. The van der Waals surface area contributed by atoms with E-state index in [1.54, 1.807) is 0 Å². The summed E-state index contributed by atoms with van der Waals surface area (Å²) < 4.78 is 24.9. The summed E-state index contributed by atoms with van der Waals surface area (Å²) in [5.74, 6) is 0. The Morgan fingerprint density at radius 2 is 2.23 bits per heavy atom. The third kappa shape index (κ3) is 2.08. The number of alkyl halides is 3. The maximum atomic E-state index is 12.5. The Bertz CT molecular complexity index is 320. The van der Waals surface area contributed by atoms with E-state index >= 15 is 0 Å². The number of aromatic nitrogens is 1. The van der Waals surface area contributed by atoms with Gasteiger partial charge in [-0.3, -0.25) is 0 Å². The molecule has 1 heterocycles. The average Bonchev–Trinajstić information content (AvgIpc) is 2.07. The Morgan fingerprint density at radius 1 is 1.62 bits per heavy atom. The van der Waals surface area contributed by atoms with E-state index in [9.17, 15) is 8.78 Å². The fourth-order valence-electron chi connectivity index (χ4n) is 0.944. The van der Waals surface area contributed by atoms with Gasteiger partial charge >= 0.3 is 0 Å². The van der Waals surface area contributed by atoms with Crippen LogP contribution >= 0.6 is 27.5 Å². The zero-order valence-electron chi connectivity index (χ0n) is 6.40. The minimum Gasteiger partial charge on any atom is -0.397 e. The summed E-state index contributed by atoms with van der Waals surface area (Å²) in [6.07, 6.45) is -1.50. The lowest BCUT2D eigenvalue weighted by Crippen LogP contribution is -2.01.